The molecular formula is C24H24BrClN6. The lowest BCUT2D eigenvalue weighted by Gasteiger charge is -2.26. The molecule has 8 heteroatoms. The van der Waals surface area contributed by atoms with Crippen LogP contribution in [-0.2, 0) is 13.6 Å². The number of hydrogen-bond acceptors (Lipinski definition) is 5. The second-order valence-electron chi connectivity index (χ2n) is 8.30. The van der Waals surface area contributed by atoms with Crippen LogP contribution < -0.4 is 5.32 Å². The van der Waals surface area contributed by atoms with E-state index >= 15 is 0 Å². The number of fused-ring (bicyclic) bond motifs is 1. The van der Waals surface area contributed by atoms with Gasteiger partial charge in [-0.1, -0.05) is 34.0 Å². The van der Waals surface area contributed by atoms with Gasteiger partial charge in [-0.15, -0.1) is 0 Å². The molecule has 1 aliphatic heterocycles. The Morgan fingerprint density at radius 2 is 1.88 bits per heavy atom. The summed E-state index contributed by atoms with van der Waals surface area (Å²) in [5.41, 5.74) is 5.15. The Morgan fingerprint density at radius 1 is 1.03 bits per heavy atom. The average Bonchev–Trinajstić information content (AvgIpc) is 3.21. The van der Waals surface area contributed by atoms with Crippen LogP contribution in [0.1, 0.15) is 24.8 Å². The number of hydrogen-bond donors (Lipinski definition) is 1. The van der Waals surface area contributed by atoms with E-state index in [1.807, 2.05) is 36.3 Å². The summed E-state index contributed by atoms with van der Waals surface area (Å²) >= 11 is 9.89. The molecule has 1 saturated heterocycles. The van der Waals surface area contributed by atoms with E-state index in [4.69, 9.17) is 11.6 Å². The molecule has 0 aliphatic carbocycles. The minimum atomic E-state index is 0.522. The molecule has 0 spiro atoms. The zero-order valence-corrected chi connectivity index (χ0v) is 20.2. The molecule has 1 fully saturated rings. The van der Waals surface area contributed by atoms with Crippen molar-refractivity contribution in [2.75, 3.05) is 18.4 Å². The Labute approximate surface area is 200 Å². The molecule has 0 atom stereocenters. The zero-order chi connectivity index (χ0) is 22.1. The minimum Gasteiger partial charge on any atom is -0.324 e. The van der Waals surface area contributed by atoms with Crippen molar-refractivity contribution in [1.82, 2.24) is 24.6 Å². The molecule has 6 nitrogen and oxygen atoms in total. The third-order valence-electron chi connectivity index (χ3n) is 5.74. The fourth-order valence-electron chi connectivity index (χ4n) is 4.23. The molecule has 164 valence electrons. The van der Waals surface area contributed by atoms with Gasteiger partial charge in [-0.3, -0.25) is 9.58 Å². The van der Waals surface area contributed by atoms with Gasteiger partial charge in [-0.25, -0.2) is 9.97 Å². The number of likely N-dealkylation sites (tertiary alicyclic amines) is 1. The Kier molecular flexibility index (Phi) is 6.13. The lowest BCUT2D eigenvalue weighted by Crippen LogP contribution is -2.29. The maximum Gasteiger partial charge on any atom is 0.227 e. The Hall–Kier alpha value is -2.48. The number of piperidine rings is 1. The summed E-state index contributed by atoms with van der Waals surface area (Å²) in [6.07, 6.45) is 9.60. The summed E-state index contributed by atoms with van der Waals surface area (Å²) < 4.78 is 2.73. The highest BCUT2D eigenvalue weighted by molar-refractivity contribution is 9.10. The number of aryl methyl sites for hydroxylation is 1. The SMILES string of the molecule is Cn1cc(-c2cc(CN3CCCCC3)cc(Nc3ncc4cc(Br)cc(Cl)c4n3)c2)cn1. The van der Waals surface area contributed by atoms with Crippen molar-refractivity contribution < 1.29 is 0 Å². The van der Waals surface area contributed by atoms with Gasteiger partial charge in [0.05, 0.1) is 16.7 Å². The van der Waals surface area contributed by atoms with E-state index in [0.29, 0.717) is 11.0 Å². The van der Waals surface area contributed by atoms with Gasteiger partial charge < -0.3 is 5.32 Å². The lowest BCUT2D eigenvalue weighted by molar-refractivity contribution is 0.221. The summed E-state index contributed by atoms with van der Waals surface area (Å²) in [6.45, 7) is 3.24. The molecule has 3 heterocycles. The number of anilines is 2. The van der Waals surface area contributed by atoms with Crippen LogP contribution in [0.25, 0.3) is 22.0 Å². The van der Waals surface area contributed by atoms with Crippen molar-refractivity contribution in [2.24, 2.45) is 7.05 Å². The van der Waals surface area contributed by atoms with Gasteiger partial charge in [0.1, 0.15) is 0 Å². The quantitative estimate of drug-likeness (QED) is 0.347. The Balaban J connectivity index is 1.49. The highest BCUT2D eigenvalue weighted by Gasteiger charge is 2.13. The van der Waals surface area contributed by atoms with Crippen molar-refractivity contribution >= 4 is 50.1 Å². The average molecular weight is 512 g/mol. The predicted molar refractivity (Wildman–Crippen MR) is 133 cm³/mol. The summed E-state index contributed by atoms with van der Waals surface area (Å²) in [5, 5.41) is 9.23. The van der Waals surface area contributed by atoms with Crippen LogP contribution in [0.3, 0.4) is 0 Å². The smallest absolute Gasteiger partial charge is 0.227 e. The van der Waals surface area contributed by atoms with E-state index in [9.17, 15) is 0 Å². The van der Waals surface area contributed by atoms with Crippen LogP contribution in [-0.4, -0.2) is 37.7 Å². The van der Waals surface area contributed by atoms with Gasteiger partial charge in [-0.05, 0) is 67.4 Å². The highest BCUT2D eigenvalue weighted by Crippen LogP contribution is 2.30. The molecule has 1 N–H and O–H groups in total. The van der Waals surface area contributed by atoms with Crippen LogP contribution in [0, 0.1) is 0 Å². The molecule has 2 aromatic carbocycles. The fourth-order valence-corrected chi connectivity index (χ4v) is 5.10. The Bertz CT molecular complexity index is 1260. The van der Waals surface area contributed by atoms with Gasteiger partial charge in [0.2, 0.25) is 5.95 Å². The number of rotatable bonds is 5. The number of nitrogens with one attached hydrogen (secondary N) is 1. The molecule has 32 heavy (non-hydrogen) atoms. The number of nitrogens with zero attached hydrogens (tertiary/aromatic N) is 5. The first kappa shape index (κ1) is 21.4. The molecule has 1 aliphatic rings. The van der Waals surface area contributed by atoms with Crippen molar-refractivity contribution in [3.63, 3.8) is 0 Å². The maximum absolute atomic E-state index is 6.42. The van der Waals surface area contributed by atoms with Crippen LogP contribution in [0.4, 0.5) is 11.6 Å². The largest absolute Gasteiger partial charge is 0.324 e. The van der Waals surface area contributed by atoms with Crippen LogP contribution in [0.2, 0.25) is 5.02 Å². The van der Waals surface area contributed by atoms with Crippen molar-refractivity contribution in [3.8, 4) is 11.1 Å². The van der Waals surface area contributed by atoms with E-state index in [2.05, 4.69) is 59.4 Å². The van der Waals surface area contributed by atoms with Gasteiger partial charge in [0.15, 0.2) is 0 Å². The van der Waals surface area contributed by atoms with Crippen LogP contribution >= 0.6 is 27.5 Å². The molecular weight excluding hydrogens is 488 g/mol. The molecule has 2 aromatic heterocycles. The third kappa shape index (κ3) is 4.80. The standard InChI is InChI=1S/C24H24BrClN6/c1-31-15-19(13-28-31)17-7-16(14-32-5-3-2-4-6-32)8-21(10-17)29-24-27-12-18-9-20(25)11-22(26)23(18)30-24/h7-13,15H,2-6,14H2,1H3,(H,27,29,30). The van der Waals surface area contributed by atoms with E-state index in [-0.39, 0.29) is 0 Å². The first-order valence-corrected chi connectivity index (χ1v) is 11.9. The molecule has 0 amide bonds. The summed E-state index contributed by atoms with van der Waals surface area (Å²) in [6, 6.07) is 10.4. The summed E-state index contributed by atoms with van der Waals surface area (Å²) in [4.78, 5) is 11.7. The predicted octanol–water partition coefficient (Wildman–Crippen LogP) is 6.18. The fraction of sp³-hybridized carbons (Fsp3) is 0.292. The molecule has 5 rings (SSSR count). The van der Waals surface area contributed by atoms with Crippen molar-refractivity contribution in [3.05, 3.63) is 64.0 Å². The van der Waals surface area contributed by atoms with Gasteiger partial charge >= 0.3 is 0 Å². The van der Waals surface area contributed by atoms with Crippen molar-refractivity contribution in [1.29, 1.82) is 0 Å². The van der Waals surface area contributed by atoms with E-state index in [1.165, 1.54) is 24.8 Å². The van der Waals surface area contributed by atoms with Gasteiger partial charge in [-0.2, -0.15) is 5.10 Å². The molecule has 0 bridgehead atoms. The van der Waals surface area contributed by atoms with Crippen molar-refractivity contribution in [2.45, 2.75) is 25.8 Å². The monoisotopic (exact) mass is 510 g/mol. The lowest BCUT2D eigenvalue weighted by atomic mass is 10.0. The number of benzene rings is 2. The minimum absolute atomic E-state index is 0.522. The summed E-state index contributed by atoms with van der Waals surface area (Å²) in [5.74, 6) is 0.522. The van der Waals surface area contributed by atoms with E-state index in [0.717, 1.165) is 51.8 Å². The van der Waals surface area contributed by atoms with Crippen LogP contribution in [0.15, 0.2) is 53.4 Å². The third-order valence-corrected chi connectivity index (χ3v) is 6.49. The van der Waals surface area contributed by atoms with E-state index in [1.54, 1.807) is 6.20 Å². The summed E-state index contributed by atoms with van der Waals surface area (Å²) in [7, 11) is 1.94. The highest BCUT2D eigenvalue weighted by atomic mass is 79.9. The second-order valence-corrected chi connectivity index (χ2v) is 9.63. The second kappa shape index (κ2) is 9.17. The molecule has 0 radical (unpaired) electrons. The first-order chi connectivity index (χ1) is 15.5. The first-order valence-electron chi connectivity index (χ1n) is 10.8. The number of aromatic nitrogens is 4. The number of halogens is 2. The Morgan fingerprint density at radius 3 is 2.66 bits per heavy atom. The zero-order valence-electron chi connectivity index (χ0n) is 17.9. The topological polar surface area (TPSA) is 58.9 Å². The van der Waals surface area contributed by atoms with Crippen LogP contribution in [0.5, 0.6) is 0 Å². The maximum atomic E-state index is 6.42. The molecule has 0 unspecified atom stereocenters. The van der Waals surface area contributed by atoms with Gasteiger partial charge in [0.25, 0.3) is 0 Å². The van der Waals surface area contributed by atoms with Gasteiger partial charge in [0, 0.05) is 47.1 Å². The molecule has 0 saturated carbocycles. The van der Waals surface area contributed by atoms with E-state index < -0.39 is 0 Å². The molecule has 4 aromatic rings. The normalized spacial score (nSPS) is 14.7.